The zero-order chi connectivity index (χ0) is 25.7. The number of thiazole rings is 1. The largest absolute Gasteiger partial charge is 0.497 e. The van der Waals surface area contributed by atoms with Crippen molar-refractivity contribution in [2.45, 2.75) is 19.8 Å². The fourth-order valence-electron chi connectivity index (χ4n) is 4.00. The summed E-state index contributed by atoms with van der Waals surface area (Å²) in [4.78, 5) is 35.3. The number of amides is 1. The van der Waals surface area contributed by atoms with Crippen molar-refractivity contribution in [3.8, 4) is 5.75 Å². The molecule has 3 aromatic rings. The van der Waals surface area contributed by atoms with Crippen LogP contribution in [-0.2, 0) is 0 Å². The van der Waals surface area contributed by atoms with Crippen LogP contribution < -0.4 is 30.3 Å². The molecule has 7 nitrogen and oxygen atoms in total. The topological polar surface area (TPSA) is 74.8 Å². The average molecular weight is 543 g/mol. The highest BCUT2D eigenvalue weighted by Crippen LogP contribution is 2.27. The van der Waals surface area contributed by atoms with Gasteiger partial charge in [0.1, 0.15) is 21.2 Å². The van der Waals surface area contributed by atoms with Crippen LogP contribution in [0.2, 0.25) is 0 Å². The molecule has 4 rings (SSSR count). The Hall–Kier alpha value is -2.37. The number of ketones is 1. The Kier molecular flexibility index (Phi) is 9.08. The molecule has 1 N–H and O–H groups in total. The van der Waals surface area contributed by atoms with Gasteiger partial charge < -0.3 is 19.9 Å². The molecular formula is C26H32N4O3P2S. The second kappa shape index (κ2) is 12.2. The molecule has 0 saturated carbocycles. The van der Waals surface area contributed by atoms with Gasteiger partial charge in [-0.3, -0.25) is 9.59 Å². The number of aromatic nitrogens is 1. The number of carbonyl (C=O) groups is 2. The molecule has 2 heterocycles. The number of ether oxygens (including phenoxy) is 1. The number of anilines is 2. The van der Waals surface area contributed by atoms with Crippen molar-refractivity contribution in [3.63, 3.8) is 0 Å². The molecule has 1 amide bonds. The van der Waals surface area contributed by atoms with Crippen molar-refractivity contribution < 1.29 is 14.3 Å². The molecule has 2 unspecified atom stereocenters. The lowest BCUT2D eigenvalue weighted by Crippen LogP contribution is -2.45. The van der Waals surface area contributed by atoms with Gasteiger partial charge in [-0.05, 0) is 63.0 Å². The Labute approximate surface area is 220 Å². The molecule has 2 aromatic carbocycles. The maximum absolute atomic E-state index is 13.2. The Balaban J connectivity index is 1.52. The predicted molar refractivity (Wildman–Crippen MR) is 155 cm³/mol. The maximum Gasteiger partial charge on any atom is 0.256 e. The first-order valence-electron chi connectivity index (χ1n) is 12.0. The number of likely N-dealkylation sites (N-methyl/N-ethyl adjacent to an activating group) is 1. The molecule has 0 radical (unpaired) electrons. The van der Waals surface area contributed by atoms with Crippen LogP contribution in [0.1, 0.15) is 40.6 Å². The van der Waals surface area contributed by atoms with Crippen molar-refractivity contribution in [1.82, 2.24) is 9.88 Å². The van der Waals surface area contributed by atoms with E-state index < -0.39 is 0 Å². The molecule has 1 aliphatic heterocycles. The lowest BCUT2D eigenvalue weighted by molar-refractivity contribution is 0.0978. The Morgan fingerprint density at radius 3 is 2.50 bits per heavy atom. The van der Waals surface area contributed by atoms with Crippen molar-refractivity contribution in [3.05, 3.63) is 53.7 Å². The second-order valence-corrected chi connectivity index (χ2v) is 12.0. The van der Waals surface area contributed by atoms with E-state index in [1.807, 2.05) is 49.4 Å². The average Bonchev–Trinajstić information content (AvgIpc) is 3.27. The van der Waals surface area contributed by atoms with Crippen LogP contribution in [0, 0.1) is 0 Å². The molecular weight excluding hydrogens is 510 g/mol. The summed E-state index contributed by atoms with van der Waals surface area (Å²) < 4.78 is 6.05. The van der Waals surface area contributed by atoms with E-state index in [0.29, 0.717) is 22.7 Å². The van der Waals surface area contributed by atoms with Crippen molar-refractivity contribution in [2.24, 2.45) is 0 Å². The van der Waals surface area contributed by atoms with E-state index in [9.17, 15) is 9.59 Å². The number of nitrogens with zero attached hydrogens (tertiary/aromatic N) is 3. The SMILES string of the molecule is CCCC(=O)c1nc(Pc2ccc(OC)cc2)sc1NC(=O)c1ccc(N2CCN(C)CC2)c(P)c1. The molecule has 1 aromatic heterocycles. The summed E-state index contributed by atoms with van der Waals surface area (Å²) in [6.07, 6.45) is 1.12. The lowest BCUT2D eigenvalue weighted by Gasteiger charge is -2.34. The molecule has 0 aliphatic carbocycles. The van der Waals surface area contributed by atoms with Crippen molar-refractivity contribution >= 4 is 66.9 Å². The van der Waals surface area contributed by atoms with Crippen LogP contribution in [0.3, 0.4) is 0 Å². The van der Waals surface area contributed by atoms with Gasteiger partial charge in [0.05, 0.1) is 7.11 Å². The van der Waals surface area contributed by atoms with Gasteiger partial charge in [-0.1, -0.05) is 30.4 Å². The van der Waals surface area contributed by atoms with Gasteiger partial charge in [0.2, 0.25) is 0 Å². The van der Waals surface area contributed by atoms with E-state index in [-0.39, 0.29) is 20.3 Å². The smallest absolute Gasteiger partial charge is 0.256 e. The molecule has 190 valence electrons. The van der Waals surface area contributed by atoms with Gasteiger partial charge in [-0.15, -0.1) is 9.24 Å². The summed E-state index contributed by atoms with van der Waals surface area (Å²) in [5.74, 6) is 0.505. The van der Waals surface area contributed by atoms with Crippen LogP contribution in [0.4, 0.5) is 10.7 Å². The minimum absolute atomic E-state index is 0.0491. The van der Waals surface area contributed by atoms with Gasteiger partial charge in [-0.2, -0.15) is 0 Å². The first-order chi connectivity index (χ1) is 17.4. The summed E-state index contributed by atoms with van der Waals surface area (Å²) in [7, 11) is 6.81. The van der Waals surface area contributed by atoms with E-state index in [1.54, 1.807) is 7.11 Å². The number of Topliss-reactive ketones (excluding diaryl/α,β-unsaturated/α-hetero) is 1. The first-order valence-corrected chi connectivity index (χ1v) is 14.4. The molecule has 36 heavy (non-hydrogen) atoms. The number of carbonyl (C=O) groups excluding carboxylic acids is 2. The molecule has 1 aliphatic rings. The number of benzene rings is 2. The van der Waals surface area contributed by atoms with Crippen LogP contribution in [0.25, 0.3) is 0 Å². The van der Waals surface area contributed by atoms with Crippen LogP contribution in [0.5, 0.6) is 5.75 Å². The number of methoxy groups -OCH3 is 1. The predicted octanol–water partition coefficient (Wildman–Crippen LogP) is 3.27. The number of piperazine rings is 1. The number of hydrogen-bond acceptors (Lipinski definition) is 7. The minimum atomic E-state index is -0.239. The monoisotopic (exact) mass is 542 g/mol. The van der Waals surface area contributed by atoms with Crippen LogP contribution >= 0.6 is 29.2 Å². The van der Waals surface area contributed by atoms with E-state index in [0.717, 1.165) is 59.4 Å². The van der Waals surface area contributed by atoms with Gasteiger partial charge >= 0.3 is 0 Å². The molecule has 2 atom stereocenters. The third-order valence-electron chi connectivity index (χ3n) is 6.07. The Morgan fingerprint density at radius 2 is 1.86 bits per heavy atom. The number of hydrogen-bond donors (Lipinski definition) is 1. The zero-order valence-corrected chi connectivity index (χ0v) is 23.8. The fourth-order valence-corrected chi connectivity index (χ4v) is 6.80. The third-order valence-corrected chi connectivity index (χ3v) is 8.88. The number of nitrogens with one attached hydrogen (secondary N) is 1. The molecule has 10 heteroatoms. The summed E-state index contributed by atoms with van der Waals surface area (Å²) in [5, 5.41) is 5.56. The van der Waals surface area contributed by atoms with Gasteiger partial charge in [0, 0.05) is 43.9 Å². The third kappa shape index (κ3) is 6.49. The standard InChI is InChI=1S/C26H32N4O3P2S/c1-4-5-21(31)23-25(36-26(27-23)35-19-9-7-18(33-3)8-10-19)28-24(32)17-6-11-20(22(34)16-17)30-14-12-29(2)13-15-30/h6-11,16,35H,4-5,12-15,34H2,1-3H3,(H,28,32). The Bertz CT molecular complexity index is 1220. The van der Waals surface area contributed by atoms with Crippen LogP contribution in [0.15, 0.2) is 42.5 Å². The normalized spacial score (nSPS) is 14.4. The first kappa shape index (κ1) is 26.7. The van der Waals surface area contributed by atoms with E-state index in [2.05, 4.69) is 36.4 Å². The second-order valence-electron chi connectivity index (χ2n) is 8.74. The van der Waals surface area contributed by atoms with Crippen molar-refractivity contribution in [2.75, 3.05) is 50.6 Å². The van der Waals surface area contributed by atoms with Crippen LogP contribution in [-0.4, -0.2) is 61.9 Å². The maximum atomic E-state index is 13.2. The molecule has 1 fully saturated rings. The summed E-state index contributed by atoms with van der Waals surface area (Å²) >= 11 is 1.37. The van der Waals surface area contributed by atoms with Crippen molar-refractivity contribution in [1.29, 1.82) is 0 Å². The molecule has 1 saturated heterocycles. The lowest BCUT2D eigenvalue weighted by atomic mass is 10.1. The number of rotatable bonds is 9. The quantitative estimate of drug-likeness (QED) is 0.331. The van der Waals surface area contributed by atoms with Gasteiger partial charge in [0.15, 0.2) is 5.78 Å². The summed E-state index contributed by atoms with van der Waals surface area (Å²) in [6.45, 7) is 5.93. The van der Waals surface area contributed by atoms with Gasteiger partial charge in [0.25, 0.3) is 5.91 Å². The zero-order valence-electron chi connectivity index (χ0n) is 20.8. The summed E-state index contributed by atoms with van der Waals surface area (Å²) in [5.41, 5.74) is 2.04. The summed E-state index contributed by atoms with van der Waals surface area (Å²) in [6, 6.07) is 13.6. The van der Waals surface area contributed by atoms with E-state index >= 15 is 0 Å². The highest BCUT2D eigenvalue weighted by atomic mass is 32.1. The Morgan fingerprint density at radius 1 is 1.14 bits per heavy atom. The minimum Gasteiger partial charge on any atom is -0.497 e. The van der Waals surface area contributed by atoms with E-state index in [1.165, 1.54) is 11.3 Å². The fraction of sp³-hybridized carbons (Fsp3) is 0.346. The highest BCUT2D eigenvalue weighted by molar-refractivity contribution is 7.63. The van der Waals surface area contributed by atoms with Gasteiger partial charge in [-0.25, -0.2) is 4.98 Å². The highest BCUT2D eigenvalue weighted by Gasteiger charge is 2.22. The van der Waals surface area contributed by atoms with E-state index in [4.69, 9.17) is 4.74 Å². The molecule has 0 spiro atoms. The molecule has 0 bridgehead atoms.